The number of amides is 1. The highest BCUT2D eigenvalue weighted by atomic mass is 16.5. The van der Waals surface area contributed by atoms with Crippen molar-refractivity contribution < 1.29 is 9.53 Å². The van der Waals surface area contributed by atoms with Crippen LogP contribution < -0.4 is 0 Å². The van der Waals surface area contributed by atoms with E-state index >= 15 is 0 Å². The molecule has 0 bridgehead atoms. The summed E-state index contributed by atoms with van der Waals surface area (Å²) in [4.78, 5) is 17.7. The van der Waals surface area contributed by atoms with Crippen LogP contribution in [0, 0.1) is 12.8 Å². The van der Waals surface area contributed by atoms with Gasteiger partial charge >= 0.3 is 0 Å². The van der Waals surface area contributed by atoms with Crippen LogP contribution in [0.1, 0.15) is 55.2 Å². The van der Waals surface area contributed by atoms with E-state index in [1.54, 1.807) is 0 Å². The molecule has 26 heavy (non-hydrogen) atoms. The number of ether oxygens (including phenoxy) is 1. The van der Waals surface area contributed by atoms with Crippen LogP contribution in [-0.4, -0.2) is 70.4 Å². The van der Waals surface area contributed by atoms with Gasteiger partial charge in [-0.3, -0.25) is 9.48 Å². The molecule has 3 fully saturated rings. The number of nitrogens with zero attached hydrogens (tertiary/aromatic N) is 4. The number of hydrogen-bond acceptors (Lipinski definition) is 4. The summed E-state index contributed by atoms with van der Waals surface area (Å²) < 4.78 is 8.16. The Kier molecular flexibility index (Phi) is 5.06. The maximum absolute atomic E-state index is 13.1. The number of aromatic nitrogens is 2. The predicted octanol–water partition coefficient (Wildman–Crippen LogP) is 2.32. The summed E-state index contributed by atoms with van der Waals surface area (Å²) in [6.45, 7) is 10.8. The first-order valence-electron chi connectivity index (χ1n) is 10.3. The Labute approximate surface area is 156 Å². The van der Waals surface area contributed by atoms with Crippen LogP contribution in [0.4, 0.5) is 0 Å². The summed E-state index contributed by atoms with van der Waals surface area (Å²) in [6, 6.07) is 1.92. The Bertz CT molecular complexity index is 652. The molecule has 0 radical (unpaired) electrons. The van der Waals surface area contributed by atoms with Gasteiger partial charge in [0.15, 0.2) is 0 Å². The predicted molar refractivity (Wildman–Crippen MR) is 100 cm³/mol. The fraction of sp³-hybridized carbons (Fsp3) is 0.800. The first kappa shape index (κ1) is 18.0. The minimum absolute atomic E-state index is 0.109. The second-order valence-corrected chi connectivity index (χ2v) is 8.39. The van der Waals surface area contributed by atoms with Gasteiger partial charge in [-0.25, -0.2) is 0 Å². The van der Waals surface area contributed by atoms with Gasteiger partial charge in [-0.05, 0) is 71.0 Å². The van der Waals surface area contributed by atoms with Crippen molar-refractivity contribution in [1.82, 2.24) is 19.6 Å². The molecule has 6 heteroatoms. The van der Waals surface area contributed by atoms with Gasteiger partial charge in [0.2, 0.25) is 0 Å². The van der Waals surface area contributed by atoms with E-state index < -0.39 is 0 Å². The van der Waals surface area contributed by atoms with Crippen molar-refractivity contribution in [2.45, 2.75) is 58.1 Å². The van der Waals surface area contributed by atoms with Crippen molar-refractivity contribution in [3.05, 3.63) is 17.5 Å². The maximum atomic E-state index is 13.1. The van der Waals surface area contributed by atoms with E-state index in [9.17, 15) is 4.79 Å². The third-order valence-corrected chi connectivity index (χ3v) is 6.25. The monoisotopic (exact) mass is 360 g/mol. The molecule has 0 saturated carbocycles. The Morgan fingerprint density at radius 1 is 1.31 bits per heavy atom. The highest BCUT2D eigenvalue weighted by molar-refractivity contribution is 5.92. The van der Waals surface area contributed by atoms with E-state index in [1.165, 1.54) is 25.9 Å². The summed E-state index contributed by atoms with van der Waals surface area (Å²) in [5.74, 6) is 0.727. The average molecular weight is 361 g/mol. The van der Waals surface area contributed by atoms with E-state index in [0.717, 1.165) is 57.7 Å². The Morgan fingerprint density at radius 2 is 2.12 bits per heavy atom. The van der Waals surface area contributed by atoms with Gasteiger partial charge in [-0.2, -0.15) is 5.10 Å². The maximum Gasteiger partial charge on any atom is 0.272 e. The number of carbonyl (C=O) groups excluding carboxylic acids is 1. The summed E-state index contributed by atoms with van der Waals surface area (Å²) in [6.07, 6.45) is 5.89. The third kappa shape index (κ3) is 3.54. The molecular weight excluding hydrogens is 328 g/mol. The summed E-state index contributed by atoms with van der Waals surface area (Å²) in [5, 5.41) is 4.44. The third-order valence-electron chi connectivity index (χ3n) is 6.25. The van der Waals surface area contributed by atoms with Crippen LogP contribution >= 0.6 is 0 Å². The fourth-order valence-electron chi connectivity index (χ4n) is 5.06. The molecule has 0 aliphatic carbocycles. The second kappa shape index (κ2) is 7.31. The van der Waals surface area contributed by atoms with Gasteiger partial charge in [0, 0.05) is 19.6 Å². The largest absolute Gasteiger partial charge is 0.373 e. The molecule has 4 heterocycles. The topological polar surface area (TPSA) is 50.6 Å². The second-order valence-electron chi connectivity index (χ2n) is 8.39. The van der Waals surface area contributed by atoms with Crippen LogP contribution in [-0.2, 0) is 11.3 Å². The zero-order valence-electron chi connectivity index (χ0n) is 16.2. The van der Waals surface area contributed by atoms with Crippen LogP contribution in [0.15, 0.2) is 6.07 Å². The first-order valence-corrected chi connectivity index (χ1v) is 10.3. The zero-order valence-corrected chi connectivity index (χ0v) is 16.2. The summed E-state index contributed by atoms with van der Waals surface area (Å²) in [5.41, 5.74) is 1.50. The minimum Gasteiger partial charge on any atom is -0.373 e. The number of piperidine rings is 1. The van der Waals surface area contributed by atoms with Gasteiger partial charge in [0.1, 0.15) is 5.69 Å². The van der Waals surface area contributed by atoms with Crippen molar-refractivity contribution in [3.63, 3.8) is 0 Å². The molecule has 1 aromatic heterocycles. The molecule has 0 N–H and O–H groups in total. The Balaban J connectivity index is 1.41. The summed E-state index contributed by atoms with van der Waals surface area (Å²) >= 11 is 0. The lowest BCUT2D eigenvalue weighted by molar-refractivity contribution is -0.0452. The molecule has 0 aromatic carbocycles. The van der Waals surface area contributed by atoms with Gasteiger partial charge < -0.3 is 14.5 Å². The van der Waals surface area contributed by atoms with Gasteiger partial charge in [0.05, 0.1) is 24.4 Å². The Morgan fingerprint density at radius 3 is 2.88 bits per heavy atom. The lowest BCUT2D eigenvalue weighted by Crippen LogP contribution is -2.50. The minimum atomic E-state index is -0.121. The van der Waals surface area contributed by atoms with Gasteiger partial charge in [-0.1, -0.05) is 0 Å². The first-order chi connectivity index (χ1) is 12.6. The van der Waals surface area contributed by atoms with Crippen molar-refractivity contribution in [2.75, 3.05) is 39.3 Å². The average Bonchev–Trinajstić information content (AvgIpc) is 3.36. The number of carbonyl (C=O) groups is 1. The lowest BCUT2D eigenvalue weighted by Gasteiger charge is -2.39. The quantitative estimate of drug-likeness (QED) is 0.827. The van der Waals surface area contributed by atoms with Crippen LogP contribution in [0.5, 0.6) is 0 Å². The fourth-order valence-corrected chi connectivity index (χ4v) is 5.06. The van der Waals surface area contributed by atoms with E-state index in [1.807, 2.05) is 29.5 Å². The molecule has 3 aliphatic heterocycles. The molecule has 0 unspecified atom stereocenters. The number of rotatable bonds is 4. The molecule has 2 atom stereocenters. The van der Waals surface area contributed by atoms with E-state index in [0.29, 0.717) is 11.6 Å². The molecule has 4 rings (SSSR count). The number of hydrogen-bond donors (Lipinski definition) is 0. The molecule has 144 valence electrons. The molecule has 6 nitrogen and oxygen atoms in total. The zero-order chi connectivity index (χ0) is 18.1. The molecule has 1 aromatic rings. The van der Waals surface area contributed by atoms with Gasteiger partial charge in [-0.15, -0.1) is 0 Å². The molecule has 1 spiro atoms. The summed E-state index contributed by atoms with van der Waals surface area (Å²) in [7, 11) is 0. The van der Waals surface area contributed by atoms with Crippen molar-refractivity contribution in [1.29, 1.82) is 0 Å². The standard InChI is InChI=1S/C20H32N4O2/c1-3-24-18(11-16(2)21-24)19(25)23-10-6-7-20(15-23)12-17(14-26-20)13-22-8-4-5-9-22/h11,17H,3-10,12-15H2,1-2H3/t17-,20-/m1/s1. The molecule has 3 aliphatic rings. The SMILES string of the molecule is CCn1nc(C)cc1C(=O)N1CCC[C@@]2(C[C@H](CN3CCCC3)CO2)C1. The van der Waals surface area contributed by atoms with Crippen LogP contribution in [0.2, 0.25) is 0 Å². The van der Waals surface area contributed by atoms with Crippen molar-refractivity contribution in [3.8, 4) is 0 Å². The highest BCUT2D eigenvalue weighted by Crippen LogP contribution is 2.38. The van der Waals surface area contributed by atoms with E-state index in [4.69, 9.17) is 4.74 Å². The van der Waals surface area contributed by atoms with Gasteiger partial charge in [0.25, 0.3) is 5.91 Å². The number of likely N-dealkylation sites (tertiary alicyclic amines) is 2. The highest BCUT2D eigenvalue weighted by Gasteiger charge is 2.45. The lowest BCUT2D eigenvalue weighted by atomic mass is 9.86. The molecular formula is C20H32N4O2. The molecule has 3 saturated heterocycles. The van der Waals surface area contributed by atoms with E-state index in [-0.39, 0.29) is 11.5 Å². The molecule has 1 amide bonds. The van der Waals surface area contributed by atoms with Crippen molar-refractivity contribution in [2.24, 2.45) is 5.92 Å². The normalized spacial score (nSPS) is 29.8. The van der Waals surface area contributed by atoms with Crippen LogP contribution in [0.25, 0.3) is 0 Å². The van der Waals surface area contributed by atoms with E-state index in [2.05, 4.69) is 10.00 Å². The van der Waals surface area contributed by atoms with Crippen molar-refractivity contribution >= 4 is 5.91 Å². The van der Waals surface area contributed by atoms with Crippen LogP contribution in [0.3, 0.4) is 0 Å². The Hall–Kier alpha value is -1.40. The number of aryl methyl sites for hydroxylation is 2. The smallest absolute Gasteiger partial charge is 0.272 e.